The predicted octanol–water partition coefficient (Wildman–Crippen LogP) is 3.69. The smallest absolute Gasteiger partial charge is 0.241 e. The summed E-state index contributed by atoms with van der Waals surface area (Å²) in [6.07, 6.45) is 11.5. The van der Waals surface area contributed by atoms with Gasteiger partial charge in [-0.25, -0.2) is 0 Å². The molecule has 24 heavy (non-hydrogen) atoms. The minimum Gasteiger partial charge on any atom is -0.348 e. The largest absolute Gasteiger partial charge is 0.348 e. The number of nitrogens with zero attached hydrogens (tertiary/aromatic N) is 2. The average molecular weight is 329 g/mol. The van der Waals surface area contributed by atoms with Gasteiger partial charge in [0.05, 0.1) is 6.04 Å². The van der Waals surface area contributed by atoms with Crippen LogP contribution < -0.4 is 5.32 Å². The van der Waals surface area contributed by atoms with Crippen LogP contribution in [0.25, 0.3) is 0 Å². The molecule has 1 aromatic rings. The molecule has 1 aliphatic carbocycles. The Hall–Kier alpha value is -1.42. The van der Waals surface area contributed by atoms with E-state index in [4.69, 9.17) is 0 Å². The average Bonchev–Trinajstić information content (AvgIpc) is 3.26. The first kappa shape index (κ1) is 17.4. The molecule has 132 valence electrons. The maximum absolute atomic E-state index is 13.3. The molecule has 0 bridgehead atoms. The van der Waals surface area contributed by atoms with Crippen molar-refractivity contribution < 1.29 is 4.79 Å². The summed E-state index contributed by atoms with van der Waals surface area (Å²) in [5, 5.41) is 3.40. The molecule has 4 nitrogen and oxygen atoms in total. The van der Waals surface area contributed by atoms with Crippen LogP contribution in [0.15, 0.2) is 24.5 Å². The number of hydrogen-bond acceptors (Lipinski definition) is 3. The first-order valence-corrected chi connectivity index (χ1v) is 9.58. The van der Waals surface area contributed by atoms with Crippen LogP contribution in [0.2, 0.25) is 0 Å². The second kappa shape index (κ2) is 7.64. The zero-order valence-electron chi connectivity index (χ0n) is 15.1. The first-order chi connectivity index (χ1) is 11.6. The topological polar surface area (TPSA) is 45.2 Å². The molecule has 1 amide bonds. The molecular weight excluding hydrogens is 298 g/mol. The van der Waals surface area contributed by atoms with Crippen LogP contribution in [0.4, 0.5) is 0 Å². The molecule has 1 aromatic heterocycles. The first-order valence-electron chi connectivity index (χ1n) is 9.58. The summed E-state index contributed by atoms with van der Waals surface area (Å²) in [7, 11) is 0. The van der Waals surface area contributed by atoms with Gasteiger partial charge in [0.15, 0.2) is 0 Å². The Morgan fingerprint density at radius 1 is 1.25 bits per heavy atom. The van der Waals surface area contributed by atoms with Gasteiger partial charge < -0.3 is 5.32 Å². The van der Waals surface area contributed by atoms with E-state index >= 15 is 0 Å². The number of aromatic nitrogens is 1. The van der Waals surface area contributed by atoms with E-state index in [1.807, 2.05) is 12.3 Å². The molecular formula is C20H31N3O. The highest BCUT2D eigenvalue weighted by Crippen LogP contribution is 2.38. The summed E-state index contributed by atoms with van der Waals surface area (Å²) in [5.74, 6) is 0.776. The van der Waals surface area contributed by atoms with Crippen molar-refractivity contribution in [3.63, 3.8) is 0 Å². The number of pyridine rings is 1. The monoisotopic (exact) mass is 329 g/mol. The molecule has 0 unspecified atom stereocenters. The number of carbonyl (C=O) groups is 1. The highest BCUT2D eigenvalue weighted by molar-refractivity contribution is 5.87. The van der Waals surface area contributed by atoms with Crippen molar-refractivity contribution in [1.82, 2.24) is 15.2 Å². The summed E-state index contributed by atoms with van der Waals surface area (Å²) < 4.78 is 0. The van der Waals surface area contributed by atoms with Gasteiger partial charge in [-0.3, -0.25) is 14.7 Å². The highest BCUT2D eigenvalue weighted by Gasteiger charge is 2.47. The Kier molecular flexibility index (Phi) is 5.54. The summed E-state index contributed by atoms with van der Waals surface area (Å²) in [4.78, 5) is 20.1. The number of rotatable bonds is 6. The lowest BCUT2D eigenvalue weighted by Crippen LogP contribution is -2.56. The summed E-state index contributed by atoms with van der Waals surface area (Å²) in [6.45, 7) is 6.58. The third kappa shape index (κ3) is 3.64. The second-order valence-corrected chi connectivity index (χ2v) is 7.87. The summed E-state index contributed by atoms with van der Waals surface area (Å²) in [6, 6.07) is 4.10. The standard InChI is InChI=1S/C20H31N3O/c1-16(2)14-18(17-8-7-11-21-15-17)22-19(24)20(9-3-4-10-20)23-12-5-6-13-23/h7-8,11,15-16,18H,3-6,9-10,12-14H2,1-2H3,(H,22,24)/t18-/m0/s1. The third-order valence-corrected chi connectivity index (χ3v) is 5.66. The Morgan fingerprint density at radius 3 is 2.54 bits per heavy atom. The number of carbonyl (C=O) groups excluding carboxylic acids is 1. The van der Waals surface area contributed by atoms with Crippen molar-refractivity contribution in [3.05, 3.63) is 30.1 Å². The minimum absolute atomic E-state index is 0.0614. The van der Waals surface area contributed by atoms with Gasteiger partial charge in [-0.1, -0.05) is 32.8 Å². The van der Waals surface area contributed by atoms with E-state index in [1.54, 1.807) is 6.20 Å². The van der Waals surface area contributed by atoms with Gasteiger partial charge >= 0.3 is 0 Å². The van der Waals surface area contributed by atoms with E-state index in [1.165, 1.54) is 25.7 Å². The molecule has 0 spiro atoms. The van der Waals surface area contributed by atoms with E-state index in [9.17, 15) is 4.79 Å². The maximum atomic E-state index is 13.3. The number of likely N-dealkylation sites (tertiary alicyclic amines) is 1. The van der Waals surface area contributed by atoms with Gasteiger partial charge in [-0.05, 0) is 62.7 Å². The van der Waals surface area contributed by atoms with Crippen molar-refractivity contribution in [1.29, 1.82) is 0 Å². The lowest BCUT2D eigenvalue weighted by Gasteiger charge is -2.38. The van der Waals surface area contributed by atoms with E-state index in [0.717, 1.165) is 37.9 Å². The lowest BCUT2D eigenvalue weighted by atomic mass is 9.91. The zero-order chi connectivity index (χ0) is 17.0. The van der Waals surface area contributed by atoms with Crippen LogP contribution in [-0.2, 0) is 4.79 Å². The van der Waals surface area contributed by atoms with Crippen LogP contribution in [0, 0.1) is 5.92 Å². The van der Waals surface area contributed by atoms with E-state index in [-0.39, 0.29) is 17.5 Å². The van der Waals surface area contributed by atoms with Crippen molar-refractivity contribution in [3.8, 4) is 0 Å². The molecule has 1 saturated heterocycles. The molecule has 4 heteroatoms. The minimum atomic E-state index is -0.256. The molecule has 0 radical (unpaired) electrons. The predicted molar refractivity (Wildman–Crippen MR) is 96.6 cm³/mol. The second-order valence-electron chi connectivity index (χ2n) is 7.87. The summed E-state index contributed by atoms with van der Waals surface area (Å²) >= 11 is 0. The highest BCUT2D eigenvalue weighted by atomic mass is 16.2. The van der Waals surface area contributed by atoms with Crippen molar-refractivity contribution >= 4 is 5.91 Å². The maximum Gasteiger partial charge on any atom is 0.241 e. The van der Waals surface area contributed by atoms with Crippen LogP contribution in [-0.4, -0.2) is 34.4 Å². The van der Waals surface area contributed by atoms with Gasteiger partial charge in [0.25, 0.3) is 0 Å². The Morgan fingerprint density at radius 2 is 1.96 bits per heavy atom. The van der Waals surface area contributed by atoms with E-state index in [0.29, 0.717) is 5.92 Å². The Balaban J connectivity index is 1.78. The van der Waals surface area contributed by atoms with E-state index < -0.39 is 0 Å². The van der Waals surface area contributed by atoms with Gasteiger partial charge in [-0.2, -0.15) is 0 Å². The van der Waals surface area contributed by atoms with Crippen LogP contribution in [0.1, 0.15) is 70.4 Å². The summed E-state index contributed by atoms with van der Waals surface area (Å²) in [5.41, 5.74) is 0.864. The van der Waals surface area contributed by atoms with Crippen LogP contribution in [0.5, 0.6) is 0 Å². The van der Waals surface area contributed by atoms with E-state index in [2.05, 4.69) is 35.1 Å². The number of amides is 1. The zero-order valence-corrected chi connectivity index (χ0v) is 15.1. The normalized spacial score (nSPS) is 22.0. The van der Waals surface area contributed by atoms with Crippen molar-refractivity contribution in [2.45, 2.75) is 70.4 Å². The Bertz CT molecular complexity index is 531. The van der Waals surface area contributed by atoms with Gasteiger partial charge in [0.1, 0.15) is 5.54 Å². The molecule has 1 saturated carbocycles. The molecule has 2 aliphatic rings. The SMILES string of the molecule is CC(C)C[C@H](NC(=O)C1(N2CCCC2)CCCC1)c1cccnc1. The van der Waals surface area contributed by atoms with Gasteiger partial charge in [0, 0.05) is 12.4 Å². The molecule has 0 aromatic carbocycles. The fraction of sp³-hybridized carbons (Fsp3) is 0.700. The van der Waals surface area contributed by atoms with Crippen molar-refractivity contribution in [2.75, 3.05) is 13.1 Å². The molecule has 1 N–H and O–H groups in total. The van der Waals surface area contributed by atoms with Gasteiger partial charge in [0.2, 0.25) is 5.91 Å². The van der Waals surface area contributed by atoms with Crippen LogP contribution >= 0.6 is 0 Å². The molecule has 1 atom stereocenters. The quantitative estimate of drug-likeness (QED) is 0.865. The fourth-order valence-corrected chi connectivity index (χ4v) is 4.42. The number of nitrogens with one attached hydrogen (secondary N) is 1. The molecule has 1 aliphatic heterocycles. The third-order valence-electron chi connectivity index (χ3n) is 5.66. The lowest BCUT2D eigenvalue weighted by molar-refractivity contribution is -0.133. The fourth-order valence-electron chi connectivity index (χ4n) is 4.42. The molecule has 2 heterocycles. The Labute approximate surface area is 146 Å². The van der Waals surface area contributed by atoms with Crippen molar-refractivity contribution in [2.24, 2.45) is 5.92 Å². The van der Waals surface area contributed by atoms with Gasteiger partial charge in [-0.15, -0.1) is 0 Å². The van der Waals surface area contributed by atoms with Crippen LogP contribution in [0.3, 0.4) is 0 Å². The molecule has 3 rings (SSSR count). The number of hydrogen-bond donors (Lipinski definition) is 1. The molecule has 2 fully saturated rings.